The number of para-hydroxylation sites is 2. The van der Waals surface area contributed by atoms with Crippen molar-refractivity contribution in [1.29, 1.82) is 0 Å². The van der Waals surface area contributed by atoms with Gasteiger partial charge < -0.3 is 20.2 Å². The van der Waals surface area contributed by atoms with Crippen LogP contribution in [0.5, 0.6) is 5.75 Å². The van der Waals surface area contributed by atoms with Gasteiger partial charge in [-0.3, -0.25) is 19.9 Å². The van der Waals surface area contributed by atoms with Crippen molar-refractivity contribution in [3.8, 4) is 5.75 Å². The third-order valence-electron chi connectivity index (χ3n) is 6.28. The van der Waals surface area contributed by atoms with Gasteiger partial charge in [0.15, 0.2) is 5.78 Å². The first kappa shape index (κ1) is 27.5. The predicted octanol–water partition coefficient (Wildman–Crippen LogP) is 5.12. The number of hydrazine groups is 2. The third-order valence-corrected chi connectivity index (χ3v) is 6.54. The molecule has 0 fully saturated rings. The van der Waals surface area contributed by atoms with Crippen molar-refractivity contribution in [2.45, 2.75) is 12.8 Å². The third kappa shape index (κ3) is 6.40. The Hall–Kier alpha value is -5.06. The molecule has 0 saturated carbocycles. The average molecular weight is 572 g/mol. The Morgan fingerprint density at radius 3 is 2.41 bits per heavy atom. The lowest BCUT2D eigenvalue weighted by atomic mass is 10.0. The summed E-state index contributed by atoms with van der Waals surface area (Å²) in [5.74, 6) is -0.559. The van der Waals surface area contributed by atoms with Crippen molar-refractivity contribution in [2.24, 2.45) is 0 Å². The number of fused-ring (bicyclic) bond motifs is 1. The minimum absolute atomic E-state index is 0.0154. The molecule has 1 unspecified atom stereocenters. The molecule has 0 saturated heterocycles. The van der Waals surface area contributed by atoms with E-state index in [1.165, 1.54) is 18.2 Å². The van der Waals surface area contributed by atoms with Gasteiger partial charge in [0, 0.05) is 16.1 Å². The molecule has 5 rings (SSSR count). The van der Waals surface area contributed by atoms with Crippen LogP contribution in [0.15, 0.2) is 97.1 Å². The van der Waals surface area contributed by atoms with Gasteiger partial charge in [0.25, 0.3) is 5.91 Å². The van der Waals surface area contributed by atoms with Crippen molar-refractivity contribution < 1.29 is 23.9 Å². The lowest BCUT2D eigenvalue weighted by Crippen LogP contribution is -2.59. The molecule has 11 heteroatoms. The van der Waals surface area contributed by atoms with Gasteiger partial charge in [-0.15, -0.1) is 5.53 Å². The molecule has 0 bridgehead atoms. The van der Waals surface area contributed by atoms with Gasteiger partial charge in [-0.1, -0.05) is 54.1 Å². The highest BCUT2D eigenvalue weighted by atomic mass is 35.5. The lowest BCUT2D eigenvalue weighted by molar-refractivity contribution is -0.118. The number of carbonyl (C=O) groups is 3. The highest BCUT2D eigenvalue weighted by molar-refractivity contribution is 6.30. The van der Waals surface area contributed by atoms with Crippen LogP contribution in [-0.4, -0.2) is 31.1 Å². The maximum absolute atomic E-state index is 13.8. The number of halogens is 1. The van der Waals surface area contributed by atoms with Crippen LogP contribution in [0.25, 0.3) is 0 Å². The first-order valence-electron chi connectivity index (χ1n) is 12.6. The molecule has 4 N–H and O–H groups in total. The summed E-state index contributed by atoms with van der Waals surface area (Å²) >= 11 is 5.99. The zero-order chi connectivity index (χ0) is 28.8. The average Bonchev–Trinajstić information content (AvgIpc) is 3.43. The molecule has 0 aliphatic carbocycles. The van der Waals surface area contributed by atoms with E-state index in [1.807, 2.05) is 42.5 Å². The standard InChI is InChI=1S/C30H26ClN5O5/c1-40-22-15-16-24(23(17-22)27(37)20-11-13-21(31)14-12-20)32-29(38)28(36-26-10-6-5-9-25(26)34-35-36)33-30(39)41-18-19-7-3-2-4-8-19/h2-17,28,34-35H,18H2,1H3,(H,32,38)(H,33,39). The number of rotatable bonds is 9. The van der Waals surface area contributed by atoms with E-state index in [-0.39, 0.29) is 23.6 Å². The van der Waals surface area contributed by atoms with Crippen LogP contribution >= 0.6 is 11.6 Å². The monoisotopic (exact) mass is 571 g/mol. The normalized spacial score (nSPS) is 12.5. The Kier molecular flexibility index (Phi) is 8.33. The van der Waals surface area contributed by atoms with Crippen molar-refractivity contribution >= 4 is 46.4 Å². The zero-order valence-electron chi connectivity index (χ0n) is 21.9. The Labute approximate surface area is 241 Å². The molecule has 208 valence electrons. The number of methoxy groups -OCH3 is 1. The second-order valence-corrected chi connectivity index (χ2v) is 9.41. The number of ether oxygens (including phenoxy) is 2. The fourth-order valence-corrected chi connectivity index (χ4v) is 4.33. The van der Waals surface area contributed by atoms with Crippen LogP contribution in [-0.2, 0) is 16.1 Å². The van der Waals surface area contributed by atoms with Gasteiger partial charge in [-0.05, 0) is 60.2 Å². The van der Waals surface area contributed by atoms with E-state index in [0.29, 0.717) is 27.7 Å². The van der Waals surface area contributed by atoms with Crippen LogP contribution < -0.4 is 31.3 Å². The molecule has 0 aromatic heterocycles. The summed E-state index contributed by atoms with van der Waals surface area (Å²) in [7, 11) is 1.48. The minimum atomic E-state index is -1.28. The van der Waals surface area contributed by atoms with E-state index >= 15 is 0 Å². The van der Waals surface area contributed by atoms with Gasteiger partial charge in [-0.2, -0.15) is 0 Å². The van der Waals surface area contributed by atoms with Crippen LogP contribution in [0, 0.1) is 0 Å². The smallest absolute Gasteiger partial charge is 0.409 e. The highest BCUT2D eigenvalue weighted by Gasteiger charge is 2.34. The van der Waals surface area contributed by atoms with E-state index < -0.39 is 18.2 Å². The number of ketones is 1. The van der Waals surface area contributed by atoms with Crippen LogP contribution in [0.2, 0.25) is 5.02 Å². The summed E-state index contributed by atoms with van der Waals surface area (Å²) in [5.41, 5.74) is 8.77. The van der Waals surface area contributed by atoms with Gasteiger partial charge in [-0.25, -0.2) is 4.79 Å². The SMILES string of the molecule is COc1ccc(NC(=O)C(NC(=O)OCc2ccccc2)N2NNc3ccccc32)c(C(=O)c2ccc(Cl)cc2)c1. The van der Waals surface area contributed by atoms with Crippen molar-refractivity contribution in [1.82, 2.24) is 10.9 Å². The Bertz CT molecular complexity index is 1570. The van der Waals surface area contributed by atoms with Crippen molar-refractivity contribution in [3.63, 3.8) is 0 Å². The number of alkyl carbamates (subject to hydrolysis) is 1. The van der Waals surface area contributed by atoms with Crippen LogP contribution in [0.3, 0.4) is 0 Å². The molecule has 1 aliphatic heterocycles. The number of amides is 2. The molecule has 1 heterocycles. The van der Waals surface area contributed by atoms with Gasteiger partial charge in [0.1, 0.15) is 12.4 Å². The number of hydrogen-bond donors (Lipinski definition) is 4. The van der Waals surface area contributed by atoms with E-state index in [4.69, 9.17) is 21.1 Å². The molecular formula is C30H26ClN5O5. The topological polar surface area (TPSA) is 121 Å². The summed E-state index contributed by atoms with van der Waals surface area (Å²) in [6.45, 7) is 0.0154. The maximum Gasteiger partial charge on any atom is 0.409 e. The molecule has 4 aromatic carbocycles. The second-order valence-electron chi connectivity index (χ2n) is 8.97. The molecular weight excluding hydrogens is 546 g/mol. The van der Waals surface area contributed by atoms with Crippen molar-refractivity contribution in [3.05, 3.63) is 119 Å². The lowest BCUT2D eigenvalue weighted by Gasteiger charge is -2.28. The number of benzene rings is 4. The number of nitrogens with zero attached hydrogens (tertiary/aromatic N) is 1. The number of carbonyl (C=O) groups excluding carboxylic acids is 3. The van der Waals surface area contributed by atoms with Gasteiger partial charge in [0.2, 0.25) is 6.17 Å². The molecule has 41 heavy (non-hydrogen) atoms. The summed E-state index contributed by atoms with van der Waals surface area (Å²) in [5, 5.41) is 7.36. The summed E-state index contributed by atoms with van der Waals surface area (Å²) < 4.78 is 10.7. The van der Waals surface area contributed by atoms with Gasteiger partial charge >= 0.3 is 6.09 Å². The molecule has 1 aliphatic rings. The Balaban J connectivity index is 1.42. The van der Waals surface area contributed by atoms with E-state index in [1.54, 1.807) is 48.5 Å². The van der Waals surface area contributed by atoms with E-state index in [2.05, 4.69) is 21.6 Å². The molecule has 4 aromatic rings. The first-order chi connectivity index (χ1) is 19.9. The first-order valence-corrected chi connectivity index (χ1v) is 13.0. The summed E-state index contributed by atoms with van der Waals surface area (Å²) in [4.78, 5) is 40.1. The van der Waals surface area contributed by atoms with Crippen LogP contribution in [0.1, 0.15) is 21.5 Å². The largest absolute Gasteiger partial charge is 0.497 e. The Morgan fingerprint density at radius 2 is 1.66 bits per heavy atom. The number of nitrogens with one attached hydrogen (secondary N) is 4. The summed E-state index contributed by atoms with van der Waals surface area (Å²) in [6.07, 6.45) is -2.10. The fraction of sp³-hybridized carbons (Fsp3) is 0.100. The number of anilines is 3. The predicted molar refractivity (Wildman–Crippen MR) is 156 cm³/mol. The highest BCUT2D eigenvalue weighted by Crippen LogP contribution is 2.30. The molecule has 1 atom stereocenters. The van der Waals surface area contributed by atoms with Crippen LogP contribution in [0.4, 0.5) is 21.9 Å². The summed E-state index contributed by atoms with van der Waals surface area (Å²) in [6, 6.07) is 27.5. The van der Waals surface area contributed by atoms with Gasteiger partial charge in [0.05, 0.1) is 24.2 Å². The van der Waals surface area contributed by atoms with Crippen molar-refractivity contribution in [2.75, 3.05) is 22.9 Å². The molecule has 2 amide bonds. The molecule has 0 radical (unpaired) electrons. The Morgan fingerprint density at radius 1 is 0.927 bits per heavy atom. The maximum atomic E-state index is 13.8. The minimum Gasteiger partial charge on any atom is -0.497 e. The second kappa shape index (κ2) is 12.4. The molecule has 10 nitrogen and oxygen atoms in total. The fourth-order valence-electron chi connectivity index (χ4n) is 4.20. The molecule has 0 spiro atoms. The van der Waals surface area contributed by atoms with E-state index in [0.717, 1.165) is 5.56 Å². The quantitative estimate of drug-likeness (QED) is 0.204. The van der Waals surface area contributed by atoms with E-state index in [9.17, 15) is 14.4 Å². The number of hydrogen-bond acceptors (Lipinski definition) is 8. The zero-order valence-corrected chi connectivity index (χ0v) is 22.6.